The molecule has 1 heterocycles. The predicted molar refractivity (Wildman–Crippen MR) is 90.3 cm³/mol. The average molecular weight is 299 g/mol. The number of hydrogen-bond donors (Lipinski definition) is 1. The summed E-state index contributed by atoms with van der Waals surface area (Å²) >= 11 is 0. The highest BCUT2D eigenvalue weighted by Gasteiger charge is 2.08. The number of ether oxygens (including phenoxy) is 1. The first-order valence-corrected chi connectivity index (χ1v) is 8.03. The van der Waals surface area contributed by atoms with Crippen molar-refractivity contribution in [1.82, 2.24) is 9.97 Å². The lowest BCUT2D eigenvalue weighted by Crippen LogP contribution is -2.16. The number of aromatic nitrogens is 2. The molecule has 1 N–H and O–H groups in total. The standard InChI is InChI=1S/C18H25N3O/c1-3-8-15(2)21-18-17(13-19-14-20-18)22-12-7-11-16-9-5-4-6-10-16/h4-6,9-10,13-15H,3,7-8,11-12H2,1-2H3,(H,19,20,21). The Morgan fingerprint density at radius 2 is 2.05 bits per heavy atom. The molecule has 0 saturated carbocycles. The van der Waals surface area contributed by atoms with E-state index in [4.69, 9.17) is 4.74 Å². The highest BCUT2D eigenvalue weighted by atomic mass is 16.5. The minimum Gasteiger partial charge on any atom is -0.488 e. The van der Waals surface area contributed by atoms with E-state index in [1.54, 1.807) is 12.5 Å². The van der Waals surface area contributed by atoms with Gasteiger partial charge in [0.15, 0.2) is 11.6 Å². The van der Waals surface area contributed by atoms with E-state index in [-0.39, 0.29) is 0 Å². The molecular weight excluding hydrogens is 274 g/mol. The summed E-state index contributed by atoms with van der Waals surface area (Å²) in [4.78, 5) is 8.35. The maximum Gasteiger partial charge on any atom is 0.179 e. The van der Waals surface area contributed by atoms with Crippen LogP contribution in [-0.2, 0) is 6.42 Å². The summed E-state index contributed by atoms with van der Waals surface area (Å²) in [6, 6.07) is 10.8. The fraction of sp³-hybridized carbons (Fsp3) is 0.444. The van der Waals surface area contributed by atoms with Gasteiger partial charge in [-0.3, -0.25) is 0 Å². The van der Waals surface area contributed by atoms with Crippen LogP contribution in [-0.4, -0.2) is 22.6 Å². The summed E-state index contributed by atoms with van der Waals surface area (Å²) in [5.41, 5.74) is 1.34. The molecule has 22 heavy (non-hydrogen) atoms. The van der Waals surface area contributed by atoms with Crippen LogP contribution in [0.1, 0.15) is 38.7 Å². The summed E-state index contributed by atoms with van der Waals surface area (Å²) in [6.07, 6.45) is 7.53. The molecule has 0 fully saturated rings. The van der Waals surface area contributed by atoms with Gasteiger partial charge in [0.25, 0.3) is 0 Å². The van der Waals surface area contributed by atoms with Gasteiger partial charge in [-0.15, -0.1) is 0 Å². The summed E-state index contributed by atoms with van der Waals surface area (Å²) in [6.45, 7) is 5.00. The maximum atomic E-state index is 5.85. The Hall–Kier alpha value is -2.10. The average Bonchev–Trinajstić information content (AvgIpc) is 2.54. The minimum atomic E-state index is 0.381. The lowest BCUT2D eigenvalue weighted by molar-refractivity contribution is 0.310. The molecule has 0 bridgehead atoms. The van der Waals surface area contributed by atoms with Crippen molar-refractivity contribution in [2.45, 2.75) is 45.6 Å². The van der Waals surface area contributed by atoms with Gasteiger partial charge in [0.2, 0.25) is 0 Å². The lowest BCUT2D eigenvalue weighted by Gasteiger charge is -2.16. The van der Waals surface area contributed by atoms with E-state index in [1.807, 2.05) is 6.07 Å². The Kier molecular flexibility index (Phi) is 6.68. The van der Waals surface area contributed by atoms with Gasteiger partial charge in [-0.1, -0.05) is 43.7 Å². The topological polar surface area (TPSA) is 47.0 Å². The van der Waals surface area contributed by atoms with Gasteiger partial charge in [0.1, 0.15) is 6.33 Å². The van der Waals surface area contributed by atoms with E-state index in [0.717, 1.165) is 37.3 Å². The zero-order chi connectivity index (χ0) is 15.6. The normalized spacial score (nSPS) is 11.9. The highest BCUT2D eigenvalue weighted by molar-refractivity contribution is 5.48. The third-order valence-corrected chi connectivity index (χ3v) is 3.49. The molecule has 0 spiro atoms. The molecule has 0 aliphatic heterocycles. The van der Waals surface area contributed by atoms with E-state index < -0.39 is 0 Å². The van der Waals surface area contributed by atoms with E-state index in [2.05, 4.69) is 53.4 Å². The molecule has 118 valence electrons. The highest BCUT2D eigenvalue weighted by Crippen LogP contribution is 2.21. The molecule has 2 aromatic rings. The van der Waals surface area contributed by atoms with Crippen molar-refractivity contribution in [3.63, 3.8) is 0 Å². The number of aryl methyl sites for hydroxylation is 1. The van der Waals surface area contributed by atoms with Crippen LogP contribution < -0.4 is 10.1 Å². The van der Waals surface area contributed by atoms with Crippen molar-refractivity contribution in [1.29, 1.82) is 0 Å². The van der Waals surface area contributed by atoms with Gasteiger partial charge in [0.05, 0.1) is 12.8 Å². The fourth-order valence-electron chi connectivity index (χ4n) is 2.37. The van der Waals surface area contributed by atoms with Gasteiger partial charge < -0.3 is 10.1 Å². The van der Waals surface area contributed by atoms with E-state index in [0.29, 0.717) is 12.6 Å². The van der Waals surface area contributed by atoms with Crippen LogP contribution in [0.5, 0.6) is 5.75 Å². The minimum absolute atomic E-state index is 0.381. The number of nitrogens with zero attached hydrogens (tertiary/aromatic N) is 2. The van der Waals surface area contributed by atoms with Crippen molar-refractivity contribution in [2.75, 3.05) is 11.9 Å². The first kappa shape index (κ1) is 16.3. The summed E-state index contributed by atoms with van der Waals surface area (Å²) in [7, 11) is 0. The van der Waals surface area contributed by atoms with Crippen LogP contribution in [0.2, 0.25) is 0 Å². The zero-order valence-corrected chi connectivity index (χ0v) is 13.5. The van der Waals surface area contributed by atoms with Gasteiger partial charge in [0, 0.05) is 6.04 Å². The van der Waals surface area contributed by atoms with Crippen LogP contribution in [0.4, 0.5) is 5.82 Å². The van der Waals surface area contributed by atoms with Crippen molar-refractivity contribution >= 4 is 5.82 Å². The zero-order valence-electron chi connectivity index (χ0n) is 13.5. The first-order chi connectivity index (χ1) is 10.8. The second-order valence-electron chi connectivity index (χ2n) is 5.51. The van der Waals surface area contributed by atoms with Crippen LogP contribution in [0, 0.1) is 0 Å². The number of anilines is 1. The van der Waals surface area contributed by atoms with Crippen LogP contribution in [0.15, 0.2) is 42.9 Å². The Morgan fingerprint density at radius 3 is 2.82 bits per heavy atom. The maximum absolute atomic E-state index is 5.85. The Bertz CT molecular complexity index is 545. The Morgan fingerprint density at radius 1 is 1.23 bits per heavy atom. The van der Waals surface area contributed by atoms with Crippen molar-refractivity contribution in [2.24, 2.45) is 0 Å². The van der Waals surface area contributed by atoms with Crippen LogP contribution in [0.3, 0.4) is 0 Å². The van der Waals surface area contributed by atoms with Gasteiger partial charge in [-0.25, -0.2) is 9.97 Å². The molecule has 4 nitrogen and oxygen atoms in total. The smallest absolute Gasteiger partial charge is 0.179 e. The molecule has 0 aliphatic carbocycles. The third kappa shape index (κ3) is 5.35. The monoisotopic (exact) mass is 299 g/mol. The molecule has 1 aromatic carbocycles. The molecule has 2 rings (SSSR count). The van der Waals surface area contributed by atoms with Crippen LogP contribution in [0.25, 0.3) is 0 Å². The van der Waals surface area contributed by atoms with Crippen LogP contribution >= 0.6 is 0 Å². The number of nitrogens with one attached hydrogen (secondary N) is 1. The van der Waals surface area contributed by atoms with E-state index in [9.17, 15) is 0 Å². The molecule has 1 aromatic heterocycles. The first-order valence-electron chi connectivity index (χ1n) is 8.03. The molecular formula is C18H25N3O. The van der Waals surface area contributed by atoms with E-state index >= 15 is 0 Å². The fourth-order valence-corrected chi connectivity index (χ4v) is 2.37. The Labute approximate surface area is 133 Å². The molecule has 1 unspecified atom stereocenters. The molecule has 0 radical (unpaired) electrons. The number of rotatable bonds is 9. The third-order valence-electron chi connectivity index (χ3n) is 3.49. The second kappa shape index (κ2) is 9.03. The number of hydrogen-bond acceptors (Lipinski definition) is 4. The predicted octanol–water partition coefficient (Wildman–Crippen LogP) is 4.09. The second-order valence-corrected chi connectivity index (χ2v) is 5.51. The molecule has 0 aliphatic rings. The molecule has 4 heteroatoms. The van der Waals surface area contributed by atoms with Gasteiger partial charge >= 0.3 is 0 Å². The number of benzene rings is 1. The van der Waals surface area contributed by atoms with E-state index in [1.165, 1.54) is 5.56 Å². The SMILES string of the molecule is CCCC(C)Nc1ncncc1OCCCc1ccccc1. The summed E-state index contributed by atoms with van der Waals surface area (Å²) in [5.74, 6) is 1.52. The summed E-state index contributed by atoms with van der Waals surface area (Å²) in [5, 5.41) is 3.39. The van der Waals surface area contributed by atoms with Crippen molar-refractivity contribution in [3.8, 4) is 5.75 Å². The summed E-state index contributed by atoms with van der Waals surface area (Å²) < 4.78 is 5.85. The molecule has 0 saturated heterocycles. The van der Waals surface area contributed by atoms with Gasteiger partial charge in [-0.2, -0.15) is 0 Å². The van der Waals surface area contributed by atoms with Crippen molar-refractivity contribution in [3.05, 3.63) is 48.4 Å². The lowest BCUT2D eigenvalue weighted by atomic mass is 10.1. The quantitative estimate of drug-likeness (QED) is 0.708. The Balaban J connectivity index is 1.82. The molecule has 1 atom stereocenters. The van der Waals surface area contributed by atoms with Crippen molar-refractivity contribution < 1.29 is 4.74 Å². The molecule has 0 amide bonds. The van der Waals surface area contributed by atoms with Gasteiger partial charge in [-0.05, 0) is 31.7 Å². The largest absolute Gasteiger partial charge is 0.488 e.